The number of allylic oxidation sites excluding steroid dienone is 1. The van der Waals surface area contributed by atoms with Gasteiger partial charge >= 0.3 is 0 Å². The van der Waals surface area contributed by atoms with Crippen LogP contribution in [0.3, 0.4) is 0 Å². The molecule has 8 heteroatoms. The molecule has 1 saturated heterocycles. The van der Waals surface area contributed by atoms with Gasteiger partial charge in [-0.05, 0) is 49.2 Å². The summed E-state index contributed by atoms with van der Waals surface area (Å²) in [6.07, 6.45) is 6.39. The second-order valence-electron chi connectivity index (χ2n) is 11.8. The first-order valence-electron chi connectivity index (χ1n) is 13.5. The van der Waals surface area contributed by atoms with E-state index in [0.717, 1.165) is 83.0 Å². The largest absolute Gasteiger partial charge is 0.368 e. The fourth-order valence-corrected chi connectivity index (χ4v) is 5.41. The molecule has 5 aromatic rings. The Morgan fingerprint density at radius 2 is 1.82 bits per heavy atom. The number of fused-ring (bicyclic) bond motifs is 2. The predicted molar refractivity (Wildman–Crippen MR) is 161 cm³/mol. The predicted octanol–water partition coefficient (Wildman–Crippen LogP) is 6.28. The Bertz CT molecular complexity index is 1650. The van der Waals surface area contributed by atoms with E-state index in [-0.39, 0.29) is 5.41 Å². The summed E-state index contributed by atoms with van der Waals surface area (Å²) in [5.41, 5.74) is 8.97. The van der Waals surface area contributed by atoms with E-state index in [2.05, 4.69) is 106 Å². The van der Waals surface area contributed by atoms with Crippen molar-refractivity contribution in [2.24, 2.45) is 5.41 Å². The molecule has 1 fully saturated rings. The third kappa shape index (κ3) is 5.25. The molecule has 0 unspecified atom stereocenters. The summed E-state index contributed by atoms with van der Waals surface area (Å²) >= 11 is 0. The fraction of sp³-hybridized carbons (Fsp3) is 0.323. The van der Waals surface area contributed by atoms with E-state index >= 15 is 0 Å². The molecule has 39 heavy (non-hydrogen) atoms. The van der Waals surface area contributed by atoms with Crippen LogP contribution in [0.4, 0.5) is 11.4 Å². The molecule has 1 aliphatic rings. The van der Waals surface area contributed by atoms with Crippen molar-refractivity contribution in [2.45, 2.75) is 27.2 Å². The van der Waals surface area contributed by atoms with E-state index < -0.39 is 0 Å². The van der Waals surface area contributed by atoms with E-state index in [1.165, 1.54) is 11.1 Å². The van der Waals surface area contributed by atoms with E-state index in [4.69, 9.17) is 4.98 Å². The third-order valence-corrected chi connectivity index (χ3v) is 7.29. The number of anilines is 2. The molecular weight excluding hydrogens is 484 g/mol. The Morgan fingerprint density at radius 1 is 1.00 bits per heavy atom. The second-order valence-corrected chi connectivity index (χ2v) is 11.8. The third-order valence-electron chi connectivity index (χ3n) is 7.29. The summed E-state index contributed by atoms with van der Waals surface area (Å²) in [6, 6.07) is 12.9. The lowest BCUT2D eigenvalue weighted by atomic mass is 9.91. The van der Waals surface area contributed by atoms with E-state index in [9.17, 15) is 0 Å². The molecule has 0 radical (unpaired) electrons. The van der Waals surface area contributed by atoms with Gasteiger partial charge in [0.2, 0.25) is 0 Å². The highest BCUT2D eigenvalue weighted by atomic mass is 15.2. The Kier molecular flexibility index (Phi) is 6.35. The molecule has 8 nitrogen and oxygen atoms in total. The molecule has 0 saturated carbocycles. The number of aromatic amines is 2. The van der Waals surface area contributed by atoms with Gasteiger partial charge in [0.05, 0.1) is 35.0 Å². The number of nitrogens with zero attached hydrogens (tertiary/aromatic N) is 5. The highest BCUT2D eigenvalue weighted by Crippen LogP contribution is 2.35. The molecule has 0 bridgehead atoms. The van der Waals surface area contributed by atoms with Crippen molar-refractivity contribution < 1.29 is 0 Å². The number of benzene rings is 1. The summed E-state index contributed by atoms with van der Waals surface area (Å²) in [5, 5.41) is 13.5. The molecule has 0 atom stereocenters. The molecule has 0 spiro atoms. The van der Waals surface area contributed by atoms with Crippen LogP contribution in [0, 0.1) is 5.41 Å². The number of hydrogen-bond acceptors (Lipinski definition) is 6. The van der Waals surface area contributed by atoms with Gasteiger partial charge in [-0.25, -0.2) is 0 Å². The minimum absolute atomic E-state index is 0.160. The van der Waals surface area contributed by atoms with Gasteiger partial charge in [-0.3, -0.25) is 15.1 Å². The second kappa shape index (κ2) is 9.85. The molecule has 1 aliphatic heterocycles. The van der Waals surface area contributed by atoms with Crippen LogP contribution >= 0.6 is 0 Å². The van der Waals surface area contributed by atoms with Gasteiger partial charge in [-0.2, -0.15) is 5.10 Å². The summed E-state index contributed by atoms with van der Waals surface area (Å²) in [5.74, 6) is 0. The molecule has 0 aliphatic carbocycles. The quantitative estimate of drug-likeness (QED) is 0.244. The van der Waals surface area contributed by atoms with E-state index in [1.54, 1.807) is 0 Å². The molecule has 4 aromatic heterocycles. The van der Waals surface area contributed by atoms with Crippen molar-refractivity contribution in [3.63, 3.8) is 0 Å². The zero-order valence-electron chi connectivity index (χ0n) is 23.2. The summed E-state index contributed by atoms with van der Waals surface area (Å²) in [4.78, 5) is 17.6. The average molecular weight is 521 g/mol. The zero-order chi connectivity index (χ0) is 27.1. The monoisotopic (exact) mass is 520 g/mol. The Morgan fingerprint density at radius 3 is 2.62 bits per heavy atom. The number of aromatic nitrogens is 5. The lowest BCUT2D eigenvalue weighted by Gasteiger charge is -2.34. The highest BCUT2D eigenvalue weighted by molar-refractivity contribution is 6.00. The first-order valence-corrected chi connectivity index (χ1v) is 13.5. The number of piperazine rings is 1. The smallest absolute Gasteiger partial charge is 0.116 e. The standard InChI is InChI=1S/C31H36N8/c1-20(16-31(2,3)4)34-22-13-21(17-32-18-22)26-15-24-28(19-33-26)36-37-30(24)27-14-23-25(35-27)7-6-8-29(23)39-11-9-38(5)10-12-39/h6-8,13-15,17-19,34-35H,1,9-12,16H2,2-5H3,(H,36,37). The van der Waals surface area contributed by atoms with Crippen LogP contribution in [0.2, 0.25) is 0 Å². The molecule has 0 amide bonds. The van der Waals surface area contributed by atoms with Gasteiger partial charge in [0, 0.05) is 65.6 Å². The number of H-pyrrole nitrogens is 2. The SMILES string of the molecule is C=C(CC(C)(C)C)Nc1cncc(-c2cc3c(-c4cc5c(N6CCN(C)CC6)cccc5[nH]4)n[nH]c3cn2)c1. The number of rotatable bonds is 6. The molecular formula is C31H36N8. The highest BCUT2D eigenvalue weighted by Gasteiger charge is 2.19. The molecule has 5 heterocycles. The summed E-state index contributed by atoms with van der Waals surface area (Å²) in [6.45, 7) is 15.0. The van der Waals surface area contributed by atoms with Gasteiger partial charge in [-0.15, -0.1) is 0 Å². The van der Waals surface area contributed by atoms with E-state index in [1.807, 2.05) is 18.6 Å². The molecule has 6 rings (SSSR count). The topological polar surface area (TPSA) is 88.8 Å². The van der Waals surface area contributed by atoms with Gasteiger partial charge in [0.15, 0.2) is 0 Å². The Hall–Kier alpha value is -4.17. The maximum absolute atomic E-state index is 4.71. The zero-order valence-corrected chi connectivity index (χ0v) is 23.2. The van der Waals surface area contributed by atoms with Crippen molar-refractivity contribution in [1.82, 2.24) is 30.0 Å². The van der Waals surface area contributed by atoms with Crippen molar-refractivity contribution in [2.75, 3.05) is 43.4 Å². The molecule has 3 N–H and O–H groups in total. The van der Waals surface area contributed by atoms with Crippen LogP contribution in [0.1, 0.15) is 27.2 Å². The van der Waals surface area contributed by atoms with E-state index in [0.29, 0.717) is 0 Å². The fourth-order valence-electron chi connectivity index (χ4n) is 5.41. The van der Waals surface area contributed by atoms with Crippen LogP contribution < -0.4 is 10.2 Å². The molecule has 200 valence electrons. The Balaban J connectivity index is 1.32. The summed E-state index contributed by atoms with van der Waals surface area (Å²) < 4.78 is 0. The first-order chi connectivity index (χ1) is 18.7. The number of likely N-dealkylation sites (N-methyl/N-ethyl adjacent to an activating group) is 1. The van der Waals surface area contributed by atoms with Gasteiger partial charge in [-0.1, -0.05) is 33.4 Å². The van der Waals surface area contributed by atoms with Crippen LogP contribution in [0.5, 0.6) is 0 Å². The van der Waals surface area contributed by atoms with Crippen molar-refractivity contribution >= 4 is 33.2 Å². The van der Waals surface area contributed by atoms with Crippen molar-refractivity contribution in [1.29, 1.82) is 0 Å². The maximum atomic E-state index is 4.71. The number of hydrogen-bond donors (Lipinski definition) is 3. The van der Waals surface area contributed by atoms with Crippen LogP contribution in [-0.4, -0.2) is 63.3 Å². The average Bonchev–Trinajstić information content (AvgIpc) is 3.52. The lowest BCUT2D eigenvalue weighted by molar-refractivity contribution is 0.313. The first kappa shape index (κ1) is 25.1. The van der Waals surface area contributed by atoms with Crippen LogP contribution in [0.15, 0.2) is 67.3 Å². The summed E-state index contributed by atoms with van der Waals surface area (Å²) in [7, 11) is 2.19. The normalized spacial score (nSPS) is 14.8. The number of nitrogens with one attached hydrogen (secondary N) is 3. The van der Waals surface area contributed by atoms with Crippen LogP contribution in [0.25, 0.3) is 44.5 Å². The van der Waals surface area contributed by atoms with Crippen LogP contribution in [-0.2, 0) is 0 Å². The lowest BCUT2D eigenvalue weighted by Crippen LogP contribution is -2.44. The maximum Gasteiger partial charge on any atom is 0.116 e. The minimum Gasteiger partial charge on any atom is -0.368 e. The minimum atomic E-state index is 0.160. The molecule has 1 aromatic carbocycles. The van der Waals surface area contributed by atoms with Gasteiger partial charge in [0.1, 0.15) is 5.69 Å². The van der Waals surface area contributed by atoms with Gasteiger partial charge in [0.25, 0.3) is 0 Å². The van der Waals surface area contributed by atoms with Crippen molar-refractivity contribution in [3.8, 4) is 22.6 Å². The number of pyridine rings is 2. The van der Waals surface area contributed by atoms with Crippen molar-refractivity contribution in [3.05, 3.63) is 67.3 Å². The van der Waals surface area contributed by atoms with Gasteiger partial charge < -0.3 is 20.1 Å². The Labute approximate surface area is 229 Å².